The molecule has 2 aliphatic rings. The van der Waals surface area contributed by atoms with E-state index >= 15 is 0 Å². The van der Waals surface area contributed by atoms with Crippen molar-refractivity contribution >= 4 is 16.8 Å². The van der Waals surface area contributed by atoms with E-state index in [9.17, 15) is 4.79 Å². The summed E-state index contributed by atoms with van der Waals surface area (Å²) in [5, 5.41) is 4.37. The van der Waals surface area contributed by atoms with Crippen LogP contribution in [0.25, 0.3) is 10.9 Å². The van der Waals surface area contributed by atoms with Crippen LogP contribution in [0.4, 0.5) is 0 Å². The Balaban J connectivity index is 1.37. The second-order valence-corrected chi connectivity index (χ2v) is 7.50. The summed E-state index contributed by atoms with van der Waals surface area (Å²) in [5.41, 5.74) is 4.99. The van der Waals surface area contributed by atoms with E-state index in [2.05, 4.69) is 47.2 Å². The lowest BCUT2D eigenvalue weighted by atomic mass is 10.1. The van der Waals surface area contributed by atoms with Crippen LogP contribution in [-0.2, 0) is 17.8 Å². The number of nitrogens with zero attached hydrogens (tertiary/aromatic N) is 1. The highest BCUT2D eigenvalue weighted by Crippen LogP contribution is 2.36. The zero-order chi connectivity index (χ0) is 16.7. The normalized spacial score (nSPS) is 23.2. The van der Waals surface area contributed by atoms with Crippen LogP contribution in [0.1, 0.15) is 43.0 Å². The highest BCUT2D eigenvalue weighted by Gasteiger charge is 2.38. The Bertz CT molecular complexity index is 764. The van der Waals surface area contributed by atoms with Crippen LogP contribution in [0.3, 0.4) is 0 Å². The van der Waals surface area contributed by atoms with Crippen LogP contribution in [-0.4, -0.2) is 34.9 Å². The van der Waals surface area contributed by atoms with Crippen LogP contribution in [0.15, 0.2) is 18.2 Å². The van der Waals surface area contributed by atoms with Gasteiger partial charge < -0.3 is 10.3 Å². The number of aryl methyl sites for hydroxylation is 2. The molecule has 0 spiro atoms. The topological polar surface area (TPSA) is 48.1 Å². The van der Waals surface area contributed by atoms with Crippen molar-refractivity contribution in [3.05, 3.63) is 35.0 Å². The molecule has 2 N–H and O–H groups in total. The van der Waals surface area contributed by atoms with Crippen molar-refractivity contribution in [1.82, 2.24) is 15.2 Å². The fourth-order valence-electron chi connectivity index (χ4n) is 4.55. The molecule has 1 amide bonds. The number of hydrogen-bond donors (Lipinski definition) is 2. The molecule has 4 nitrogen and oxygen atoms in total. The first-order chi connectivity index (χ1) is 11.6. The molecule has 1 saturated carbocycles. The second kappa shape index (κ2) is 6.25. The molecule has 2 fully saturated rings. The Kier molecular flexibility index (Phi) is 4.09. The molecule has 1 aliphatic carbocycles. The number of aromatic amines is 1. The zero-order valence-electron chi connectivity index (χ0n) is 14.7. The van der Waals surface area contributed by atoms with E-state index in [4.69, 9.17) is 0 Å². The maximum absolute atomic E-state index is 12.3. The van der Waals surface area contributed by atoms with E-state index in [0.29, 0.717) is 19.1 Å². The number of likely N-dealkylation sites (tertiary alicyclic amines) is 1. The SMILES string of the molecule is CCc1[nH]c2ccc(CNC(=O)CN3C[C@H]4CC[C@@H]3C4)cc2c1C. The van der Waals surface area contributed by atoms with Crippen molar-refractivity contribution < 1.29 is 4.79 Å². The largest absolute Gasteiger partial charge is 0.358 e. The summed E-state index contributed by atoms with van der Waals surface area (Å²) < 4.78 is 0. The fourth-order valence-corrected chi connectivity index (χ4v) is 4.55. The summed E-state index contributed by atoms with van der Waals surface area (Å²) in [6.45, 7) is 6.63. The minimum Gasteiger partial charge on any atom is -0.358 e. The van der Waals surface area contributed by atoms with Crippen LogP contribution in [0.2, 0.25) is 0 Å². The number of H-pyrrole nitrogens is 1. The monoisotopic (exact) mass is 325 g/mol. The molecule has 128 valence electrons. The second-order valence-electron chi connectivity index (χ2n) is 7.50. The van der Waals surface area contributed by atoms with Gasteiger partial charge in [-0.3, -0.25) is 9.69 Å². The molecular formula is C20H27N3O. The quantitative estimate of drug-likeness (QED) is 0.887. The van der Waals surface area contributed by atoms with E-state index in [1.54, 1.807) is 0 Å². The maximum Gasteiger partial charge on any atom is 0.234 e. The summed E-state index contributed by atoms with van der Waals surface area (Å²) in [7, 11) is 0. The van der Waals surface area contributed by atoms with Gasteiger partial charge in [-0.05, 0) is 61.8 Å². The molecule has 1 aliphatic heterocycles. The Morgan fingerprint density at radius 3 is 2.96 bits per heavy atom. The molecular weight excluding hydrogens is 298 g/mol. The van der Waals surface area contributed by atoms with Gasteiger partial charge in [0.2, 0.25) is 5.91 Å². The minimum absolute atomic E-state index is 0.155. The molecule has 1 saturated heterocycles. The zero-order valence-corrected chi connectivity index (χ0v) is 14.7. The molecule has 1 aromatic carbocycles. The summed E-state index contributed by atoms with van der Waals surface area (Å²) in [6, 6.07) is 7.10. The molecule has 2 atom stereocenters. The molecule has 0 unspecified atom stereocenters. The van der Waals surface area contributed by atoms with Gasteiger partial charge in [-0.1, -0.05) is 13.0 Å². The molecule has 24 heavy (non-hydrogen) atoms. The first kappa shape index (κ1) is 15.7. The van der Waals surface area contributed by atoms with Crippen molar-refractivity contribution in [1.29, 1.82) is 0 Å². The lowest BCUT2D eigenvalue weighted by molar-refractivity contribution is -0.122. The molecule has 2 heterocycles. The van der Waals surface area contributed by atoms with Crippen molar-refractivity contribution in [2.45, 2.75) is 52.1 Å². The van der Waals surface area contributed by atoms with E-state index in [1.165, 1.54) is 47.0 Å². The van der Waals surface area contributed by atoms with Gasteiger partial charge in [-0.15, -0.1) is 0 Å². The number of carbonyl (C=O) groups excluding carboxylic acids is 1. The average Bonchev–Trinajstić information content (AvgIpc) is 3.28. The summed E-state index contributed by atoms with van der Waals surface area (Å²) in [6.07, 6.45) is 4.96. The van der Waals surface area contributed by atoms with E-state index in [0.717, 1.165) is 18.9 Å². The van der Waals surface area contributed by atoms with E-state index in [1.807, 2.05) is 0 Å². The van der Waals surface area contributed by atoms with Gasteiger partial charge in [0, 0.05) is 35.7 Å². The molecule has 2 bridgehead atoms. The molecule has 1 aromatic heterocycles. The van der Waals surface area contributed by atoms with Crippen molar-refractivity contribution in [2.75, 3.05) is 13.1 Å². The van der Waals surface area contributed by atoms with Gasteiger partial charge in [0.1, 0.15) is 0 Å². The third-order valence-electron chi connectivity index (χ3n) is 5.94. The summed E-state index contributed by atoms with van der Waals surface area (Å²) >= 11 is 0. The van der Waals surface area contributed by atoms with Gasteiger partial charge >= 0.3 is 0 Å². The van der Waals surface area contributed by atoms with Gasteiger partial charge in [0.15, 0.2) is 0 Å². The lowest BCUT2D eigenvalue weighted by Crippen LogP contribution is -2.40. The van der Waals surface area contributed by atoms with Crippen LogP contribution in [0.5, 0.6) is 0 Å². The third kappa shape index (κ3) is 2.84. The Morgan fingerprint density at radius 1 is 1.38 bits per heavy atom. The predicted octanol–water partition coefficient (Wildman–Crippen LogP) is 3.14. The third-order valence-corrected chi connectivity index (χ3v) is 5.94. The van der Waals surface area contributed by atoms with Gasteiger partial charge in [0.05, 0.1) is 6.54 Å². The van der Waals surface area contributed by atoms with Gasteiger partial charge in [-0.2, -0.15) is 0 Å². The minimum atomic E-state index is 0.155. The molecule has 4 heteroatoms. The van der Waals surface area contributed by atoms with Crippen LogP contribution < -0.4 is 5.32 Å². The number of carbonyl (C=O) groups is 1. The Hall–Kier alpha value is -1.81. The number of aromatic nitrogens is 1. The first-order valence-electron chi connectivity index (χ1n) is 9.25. The van der Waals surface area contributed by atoms with Gasteiger partial charge in [-0.25, -0.2) is 0 Å². The summed E-state index contributed by atoms with van der Waals surface area (Å²) in [5.74, 6) is 0.997. The van der Waals surface area contributed by atoms with Crippen LogP contribution >= 0.6 is 0 Å². The smallest absolute Gasteiger partial charge is 0.234 e. The Morgan fingerprint density at radius 2 is 2.25 bits per heavy atom. The van der Waals surface area contributed by atoms with E-state index in [-0.39, 0.29) is 5.91 Å². The maximum atomic E-state index is 12.3. The number of nitrogens with one attached hydrogen (secondary N) is 2. The van der Waals surface area contributed by atoms with Crippen molar-refractivity contribution in [3.63, 3.8) is 0 Å². The Labute approximate surface area is 143 Å². The van der Waals surface area contributed by atoms with E-state index < -0.39 is 0 Å². The molecule has 2 aromatic rings. The van der Waals surface area contributed by atoms with Gasteiger partial charge in [0.25, 0.3) is 0 Å². The number of piperidine rings is 1. The number of fused-ring (bicyclic) bond motifs is 3. The fraction of sp³-hybridized carbons (Fsp3) is 0.550. The van der Waals surface area contributed by atoms with Crippen molar-refractivity contribution in [3.8, 4) is 0 Å². The lowest BCUT2D eigenvalue weighted by Gasteiger charge is -2.25. The highest BCUT2D eigenvalue weighted by atomic mass is 16.2. The standard InChI is InChI=1S/C20H27N3O/c1-3-18-13(2)17-9-14(5-7-19(17)22-18)10-21-20(24)12-23-11-15-4-6-16(23)8-15/h5,7,9,15-16,22H,3-4,6,8,10-12H2,1-2H3,(H,21,24)/t15-,16+/m0/s1. The number of benzene rings is 1. The predicted molar refractivity (Wildman–Crippen MR) is 97.0 cm³/mol. The molecule has 4 rings (SSSR count). The summed E-state index contributed by atoms with van der Waals surface area (Å²) in [4.78, 5) is 18.1. The highest BCUT2D eigenvalue weighted by molar-refractivity contribution is 5.85. The van der Waals surface area contributed by atoms with Crippen molar-refractivity contribution in [2.24, 2.45) is 5.92 Å². The first-order valence-corrected chi connectivity index (χ1v) is 9.25. The molecule has 0 radical (unpaired) electrons. The van der Waals surface area contributed by atoms with Crippen LogP contribution in [0, 0.1) is 12.8 Å². The number of rotatable bonds is 5. The number of amides is 1. The number of hydrogen-bond acceptors (Lipinski definition) is 2. The average molecular weight is 325 g/mol.